The van der Waals surface area contributed by atoms with Crippen LogP contribution in [0.2, 0.25) is 13.1 Å². The predicted octanol–water partition coefficient (Wildman–Crippen LogP) is 3.29. The average molecular weight is 194 g/mol. The lowest BCUT2D eigenvalue weighted by Crippen LogP contribution is -1.86. The van der Waals surface area contributed by atoms with Crippen LogP contribution in [0, 0.1) is 0 Å². The van der Waals surface area contributed by atoms with Gasteiger partial charge in [-0.25, -0.2) is 0 Å². The molecule has 0 nitrogen and oxygen atoms in total. The fourth-order valence-corrected chi connectivity index (χ4v) is 5.74. The molecule has 0 aromatic rings. The number of hydrogen-bond acceptors (Lipinski definition) is 0. The van der Waals surface area contributed by atoms with E-state index in [-0.39, 0.29) is 7.50 Å². The smallest absolute Gasteiger partial charge is 0.0414 e. The summed E-state index contributed by atoms with van der Waals surface area (Å²) < 4.78 is 0. The van der Waals surface area contributed by atoms with E-state index in [1.807, 2.05) is 0 Å². The van der Waals surface area contributed by atoms with Gasteiger partial charge in [0.25, 0.3) is 0 Å². The van der Waals surface area contributed by atoms with E-state index in [1.54, 1.807) is 5.57 Å². The summed E-state index contributed by atoms with van der Waals surface area (Å²) in [4.78, 5) is 0. The third kappa shape index (κ3) is 1.34. The van der Waals surface area contributed by atoms with Gasteiger partial charge >= 0.3 is 0 Å². The highest BCUT2D eigenvalue weighted by Gasteiger charge is 2.17. The molecule has 2 aliphatic rings. The average Bonchev–Trinajstić information content (AvgIpc) is 2.42. The molecule has 2 rings (SSSR count). The SMILES string of the molecule is CC1=CC2=CS(=[Si](C)C)CC2=C1. The van der Waals surface area contributed by atoms with Gasteiger partial charge in [-0.05, 0) is 23.5 Å². The van der Waals surface area contributed by atoms with Crippen molar-refractivity contribution in [1.29, 1.82) is 0 Å². The summed E-state index contributed by atoms with van der Waals surface area (Å²) in [6.07, 6.45) is 4.68. The minimum Gasteiger partial charge on any atom is -0.184 e. The van der Waals surface area contributed by atoms with E-state index in [9.17, 15) is 0 Å². The van der Waals surface area contributed by atoms with Crippen molar-refractivity contribution < 1.29 is 0 Å². The lowest BCUT2D eigenvalue weighted by Gasteiger charge is -1.98. The summed E-state index contributed by atoms with van der Waals surface area (Å²) in [7, 11) is 0.535. The molecule has 2 heteroatoms. The molecule has 12 heavy (non-hydrogen) atoms. The Morgan fingerprint density at radius 2 is 2.08 bits per heavy atom. The van der Waals surface area contributed by atoms with Crippen molar-refractivity contribution in [1.82, 2.24) is 0 Å². The van der Waals surface area contributed by atoms with Crippen LogP contribution in [0.4, 0.5) is 0 Å². The molecular weight excluding hydrogens is 180 g/mol. The van der Waals surface area contributed by atoms with Crippen molar-refractivity contribution >= 4 is 17.4 Å². The summed E-state index contributed by atoms with van der Waals surface area (Å²) in [5.41, 5.74) is 4.56. The van der Waals surface area contributed by atoms with E-state index in [1.165, 1.54) is 16.9 Å². The fourth-order valence-electron chi connectivity index (χ4n) is 1.60. The van der Waals surface area contributed by atoms with Crippen LogP contribution >= 0.6 is 9.89 Å². The molecule has 1 unspecified atom stereocenters. The summed E-state index contributed by atoms with van der Waals surface area (Å²) in [6.45, 7) is 7.03. The molecule has 0 bridgehead atoms. The van der Waals surface area contributed by atoms with E-state index in [4.69, 9.17) is 0 Å². The third-order valence-corrected chi connectivity index (χ3v) is 8.40. The topological polar surface area (TPSA) is 0 Å². The van der Waals surface area contributed by atoms with Gasteiger partial charge in [0.2, 0.25) is 0 Å². The lowest BCUT2D eigenvalue weighted by molar-refractivity contribution is 1.52. The van der Waals surface area contributed by atoms with Gasteiger partial charge in [-0.1, -0.05) is 30.8 Å². The molecule has 0 aromatic heterocycles. The first-order valence-corrected chi connectivity index (χ1v) is 8.96. The maximum Gasteiger partial charge on any atom is 0.0414 e. The Bertz CT molecular complexity index is 352. The molecule has 0 radical (unpaired) electrons. The van der Waals surface area contributed by atoms with E-state index < -0.39 is 0 Å². The highest BCUT2D eigenvalue weighted by atomic mass is 32.3. The Labute approximate surface area is 77.8 Å². The Morgan fingerprint density at radius 1 is 1.33 bits per heavy atom. The van der Waals surface area contributed by atoms with Gasteiger partial charge in [-0.3, -0.25) is 0 Å². The molecular formula is C10H14SSi. The van der Waals surface area contributed by atoms with Crippen molar-refractivity contribution in [3.63, 3.8) is 0 Å². The van der Waals surface area contributed by atoms with E-state index in [0.717, 1.165) is 0 Å². The normalized spacial score (nSPS) is 26.2. The first-order valence-electron chi connectivity index (χ1n) is 4.28. The highest BCUT2D eigenvalue weighted by Crippen LogP contribution is 2.39. The molecule has 1 aliphatic heterocycles. The van der Waals surface area contributed by atoms with Gasteiger partial charge in [0, 0.05) is 13.3 Å². The van der Waals surface area contributed by atoms with E-state index in [0.29, 0.717) is 9.89 Å². The minimum atomic E-state index is -0.0893. The van der Waals surface area contributed by atoms with Crippen LogP contribution in [0.15, 0.2) is 34.3 Å². The summed E-state index contributed by atoms with van der Waals surface area (Å²) in [5, 5.41) is 2.51. The number of allylic oxidation sites excluding steroid dienone is 4. The number of rotatable bonds is 0. The summed E-state index contributed by atoms with van der Waals surface area (Å²) >= 11 is 0. The van der Waals surface area contributed by atoms with Crippen molar-refractivity contribution in [2.24, 2.45) is 0 Å². The van der Waals surface area contributed by atoms with Gasteiger partial charge in [-0.15, -0.1) is 0 Å². The second kappa shape index (κ2) is 2.93. The Hall–Kier alpha value is -0.213. The van der Waals surface area contributed by atoms with Crippen molar-refractivity contribution in [2.45, 2.75) is 20.0 Å². The quantitative estimate of drug-likeness (QED) is 0.519. The maximum atomic E-state index is 2.51. The number of hydrogen-bond donors (Lipinski definition) is 0. The molecule has 0 spiro atoms. The molecule has 1 aliphatic carbocycles. The predicted molar refractivity (Wildman–Crippen MR) is 59.9 cm³/mol. The zero-order valence-corrected chi connectivity index (χ0v) is 9.66. The van der Waals surface area contributed by atoms with Crippen LogP contribution in [-0.4, -0.2) is 13.3 Å². The van der Waals surface area contributed by atoms with Gasteiger partial charge in [0.1, 0.15) is 0 Å². The van der Waals surface area contributed by atoms with Crippen LogP contribution < -0.4 is 0 Å². The van der Waals surface area contributed by atoms with Gasteiger partial charge in [0.15, 0.2) is 0 Å². The Balaban J connectivity index is 2.42. The summed E-state index contributed by atoms with van der Waals surface area (Å²) in [6, 6.07) is 0. The molecule has 64 valence electrons. The van der Waals surface area contributed by atoms with Crippen molar-refractivity contribution in [3.8, 4) is 0 Å². The molecule has 0 fully saturated rings. The minimum absolute atomic E-state index is 0.0893. The standard InChI is InChI=1S/C10H14SSi/c1-8-4-9-6-11(12(2)3)7-10(9)5-8/h4-6H,7H2,1-3H3. The van der Waals surface area contributed by atoms with E-state index in [2.05, 4.69) is 37.6 Å². The first-order chi connectivity index (χ1) is 5.66. The van der Waals surface area contributed by atoms with Crippen LogP contribution in [0.25, 0.3) is 0 Å². The first kappa shape index (κ1) is 8.39. The van der Waals surface area contributed by atoms with Crippen LogP contribution in [0.1, 0.15) is 6.92 Å². The zero-order valence-electron chi connectivity index (χ0n) is 7.85. The van der Waals surface area contributed by atoms with Gasteiger partial charge < -0.3 is 0 Å². The molecule has 0 amide bonds. The van der Waals surface area contributed by atoms with Crippen molar-refractivity contribution in [2.75, 3.05) is 5.75 Å². The third-order valence-electron chi connectivity index (χ3n) is 2.26. The van der Waals surface area contributed by atoms with Gasteiger partial charge in [-0.2, -0.15) is 9.89 Å². The highest BCUT2D eigenvalue weighted by molar-refractivity contribution is 8.24. The van der Waals surface area contributed by atoms with Crippen LogP contribution in [-0.2, 0) is 0 Å². The van der Waals surface area contributed by atoms with E-state index >= 15 is 0 Å². The molecule has 0 N–H and O–H groups in total. The Kier molecular flexibility index (Phi) is 2.05. The monoisotopic (exact) mass is 194 g/mol. The molecule has 1 atom stereocenters. The van der Waals surface area contributed by atoms with Gasteiger partial charge in [0.05, 0.1) is 0 Å². The molecule has 0 saturated heterocycles. The molecule has 0 saturated carbocycles. The molecule has 1 heterocycles. The largest absolute Gasteiger partial charge is 0.184 e. The Morgan fingerprint density at radius 3 is 2.67 bits per heavy atom. The summed E-state index contributed by atoms with van der Waals surface area (Å²) in [5.74, 6) is 1.34. The maximum absolute atomic E-state index is 2.51. The second-order valence-corrected chi connectivity index (χ2v) is 10.8. The lowest BCUT2D eigenvalue weighted by atomic mass is 10.2. The van der Waals surface area contributed by atoms with Crippen LogP contribution in [0.5, 0.6) is 0 Å². The van der Waals surface area contributed by atoms with Crippen LogP contribution in [0.3, 0.4) is 0 Å². The zero-order chi connectivity index (χ0) is 8.72. The number of fused-ring (bicyclic) bond motifs is 1. The van der Waals surface area contributed by atoms with Crippen molar-refractivity contribution in [3.05, 3.63) is 34.3 Å². The second-order valence-electron chi connectivity index (χ2n) is 3.61. The fraction of sp³-hybridized carbons (Fsp3) is 0.400. The molecule has 0 aromatic carbocycles.